The second-order valence-electron chi connectivity index (χ2n) is 7.08. The Morgan fingerprint density at radius 3 is 2.66 bits per heavy atom. The van der Waals surface area contributed by atoms with E-state index in [0.29, 0.717) is 25.2 Å². The van der Waals surface area contributed by atoms with Crippen molar-refractivity contribution in [2.75, 3.05) is 39.9 Å². The van der Waals surface area contributed by atoms with Crippen LogP contribution in [0.25, 0.3) is 0 Å². The lowest BCUT2D eigenvalue weighted by Crippen LogP contribution is -2.49. The van der Waals surface area contributed by atoms with Crippen LogP contribution in [-0.4, -0.2) is 74.4 Å². The molecule has 6 nitrogen and oxygen atoms in total. The van der Waals surface area contributed by atoms with Crippen molar-refractivity contribution in [2.24, 2.45) is 4.99 Å². The normalized spacial score (nSPS) is 18.9. The number of hydrogen-bond acceptors (Lipinski definition) is 4. The molecule has 29 heavy (non-hydrogen) atoms. The van der Waals surface area contributed by atoms with Gasteiger partial charge in [-0.3, -0.25) is 9.89 Å². The Hall–Kier alpha value is -1.20. The first kappa shape index (κ1) is 25.8. The summed E-state index contributed by atoms with van der Waals surface area (Å²) >= 11 is 0. The Bertz CT molecular complexity index is 619. The number of ether oxygens (including phenoxy) is 2. The van der Waals surface area contributed by atoms with Crippen LogP contribution >= 0.6 is 24.0 Å². The predicted molar refractivity (Wildman–Crippen MR) is 122 cm³/mol. The molecule has 0 aliphatic carbocycles. The molecule has 0 radical (unpaired) electrons. The number of halogens is 3. The molecule has 1 N–H and O–H groups in total. The third-order valence-corrected chi connectivity index (χ3v) is 4.76. The van der Waals surface area contributed by atoms with Crippen molar-refractivity contribution >= 4 is 29.9 Å². The SMILES string of the molecule is CCNC(=NCC(C)N1CCOCC1C)N(C)Cc1ccc(OC(F)F)cc1.I. The van der Waals surface area contributed by atoms with Crippen molar-refractivity contribution in [1.29, 1.82) is 0 Å². The van der Waals surface area contributed by atoms with Crippen LogP contribution in [0, 0.1) is 0 Å². The van der Waals surface area contributed by atoms with Crippen LogP contribution in [0.2, 0.25) is 0 Å². The maximum absolute atomic E-state index is 12.3. The average molecular weight is 526 g/mol. The molecule has 9 heteroatoms. The number of nitrogens with one attached hydrogen (secondary N) is 1. The van der Waals surface area contributed by atoms with Crippen molar-refractivity contribution in [3.05, 3.63) is 29.8 Å². The van der Waals surface area contributed by atoms with Crippen molar-refractivity contribution in [3.63, 3.8) is 0 Å². The predicted octanol–water partition coefficient (Wildman–Crippen LogP) is 3.41. The maximum Gasteiger partial charge on any atom is 0.387 e. The fourth-order valence-corrected chi connectivity index (χ4v) is 3.31. The Balaban J connectivity index is 0.00000420. The second-order valence-corrected chi connectivity index (χ2v) is 7.08. The van der Waals surface area contributed by atoms with Crippen molar-refractivity contribution < 1.29 is 18.3 Å². The van der Waals surface area contributed by atoms with E-state index in [0.717, 1.165) is 37.8 Å². The summed E-state index contributed by atoms with van der Waals surface area (Å²) in [4.78, 5) is 9.26. The van der Waals surface area contributed by atoms with E-state index in [1.807, 2.05) is 18.9 Å². The number of hydrogen-bond donors (Lipinski definition) is 1. The molecule has 1 aliphatic heterocycles. The molecule has 1 aromatic carbocycles. The first-order valence-corrected chi connectivity index (χ1v) is 9.77. The summed E-state index contributed by atoms with van der Waals surface area (Å²) in [6, 6.07) is 7.41. The largest absolute Gasteiger partial charge is 0.435 e. The van der Waals surface area contributed by atoms with Gasteiger partial charge in [-0.2, -0.15) is 8.78 Å². The van der Waals surface area contributed by atoms with Crippen molar-refractivity contribution in [3.8, 4) is 5.75 Å². The van der Waals surface area contributed by atoms with Crippen LogP contribution in [0.4, 0.5) is 8.78 Å². The van der Waals surface area contributed by atoms with Crippen LogP contribution in [0.3, 0.4) is 0 Å². The van der Waals surface area contributed by atoms with Gasteiger partial charge in [0, 0.05) is 38.8 Å². The second kappa shape index (κ2) is 13.2. The molecule has 0 amide bonds. The van der Waals surface area contributed by atoms with Crippen molar-refractivity contribution in [1.82, 2.24) is 15.1 Å². The van der Waals surface area contributed by atoms with Gasteiger partial charge in [-0.25, -0.2) is 0 Å². The van der Waals surface area contributed by atoms with Gasteiger partial charge in [-0.15, -0.1) is 24.0 Å². The standard InChI is InChI=1S/C20H32F2N4O2.HI/c1-5-23-20(24-12-15(2)26-10-11-27-14-16(26)3)25(4)13-17-6-8-18(9-7-17)28-19(21)22;/h6-9,15-16,19H,5,10-14H2,1-4H3,(H,23,24);1H. The summed E-state index contributed by atoms with van der Waals surface area (Å²) in [5.74, 6) is 0.985. The zero-order valence-electron chi connectivity index (χ0n) is 17.6. The minimum atomic E-state index is -2.81. The van der Waals surface area contributed by atoms with E-state index in [1.54, 1.807) is 24.3 Å². The summed E-state index contributed by atoms with van der Waals surface area (Å²) in [6.45, 7) is 8.13. The van der Waals surface area contributed by atoms with E-state index in [2.05, 4.69) is 28.8 Å². The quantitative estimate of drug-likeness (QED) is 0.320. The average Bonchev–Trinajstić information content (AvgIpc) is 2.66. The lowest BCUT2D eigenvalue weighted by molar-refractivity contribution is -0.0498. The number of morpholine rings is 1. The molecule has 1 heterocycles. The van der Waals surface area contributed by atoms with Gasteiger partial charge < -0.3 is 19.7 Å². The van der Waals surface area contributed by atoms with Gasteiger partial charge >= 0.3 is 6.61 Å². The Kier molecular flexibility index (Phi) is 11.7. The Morgan fingerprint density at radius 2 is 2.07 bits per heavy atom. The molecular formula is C20H33F2IN4O2. The van der Waals surface area contributed by atoms with Crippen LogP contribution in [0.15, 0.2) is 29.3 Å². The van der Waals surface area contributed by atoms with E-state index in [-0.39, 0.29) is 29.7 Å². The summed E-state index contributed by atoms with van der Waals surface area (Å²) in [6.07, 6.45) is 0. The van der Waals surface area contributed by atoms with E-state index in [1.165, 1.54) is 0 Å². The molecule has 2 rings (SSSR count). The van der Waals surface area contributed by atoms with Gasteiger partial charge in [0.25, 0.3) is 0 Å². The third-order valence-electron chi connectivity index (χ3n) is 4.76. The molecule has 1 aromatic rings. The van der Waals surface area contributed by atoms with E-state index < -0.39 is 6.61 Å². The topological polar surface area (TPSA) is 49.3 Å². The summed E-state index contributed by atoms with van der Waals surface area (Å²) in [7, 11) is 1.97. The molecule has 2 atom stereocenters. The molecule has 2 unspecified atom stereocenters. The van der Waals surface area contributed by atoms with Crippen LogP contribution in [-0.2, 0) is 11.3 Å². The molecule has 0 aromatic heterocycles. The fraction of sp³-hybridized carbons (Fsp3) is 0.650. The van der Waals surface area contributed by atoms with Gasteiger partial charge in [0.1, 0.15) is 5.75 Å². The van der Waals surface area contributed by atoms with Gasteiger partial charge in [0.2, 0.25) is 0 Å². The molecule has 1 saturated heterocycles. The maximum atomic E-state index is 12.3. The van der Waals surface area contributed by atoms with Gasteiger partial charge in [-0.05, 0) is 38.5 Å². The minimum absolute atomic E-state index is 0. The molecule has 0 bridgehead atoms. The van der Waals surface area contributed by atoms with Gasteiger partial charge in [-0.1, -0.05) is 12.1 Å². The zero-order valence-corrected chi connectivity index (χ0v) is 19.9. The van der Waals surface area contributed by atoms with E-state index in [9.17, 15) is 8.78 Å². The number of aliphatic imine (C=N–C) groups is 1. The first-order valence-electron chi connectivity index (χ1n) is 9.77. The highest BCUT2D eigenvalue weighted by atomic mass is 127. The van der Waals surface area contributed by atoms with Gasteiger partial charge in [0.05, 0.1) is 19.8 Å². The van der Waals surface area contributed by atoms with Crippen LogP contribution < -0.4 is 10.1 Å². The molecule has 1 fully saturated rings. The minimum Gasteiger partial charge on any atom is -0.435 e. The Morgan fingerprint density at radius 1 is 1.38 bits per heavy atom. The lowest BCUT2D eigenvalue weighted by Gasteiger charge is -2.37. The fourth-order valence-electron chi connectivity index (χ4n) is 3.31. The highest BCUT2D eigenvalue weighted by Gasteiger charge is 2.23. The van der Waals surface area contributed by atoms with Crippen LogP contribution in [0.1, 0.15) is 26.3 Å². The molecule has 0 saturated carbocycles. The summed E-state index contributed by atoms with van der Waals surface area (Å²) in [5, 5.41) is 3.32. The molecule has 166 valence electrons. The highest BCUT2D eigenvalue weighted by molar-refractivity contribution is 14.0. The molecular weight excluding hydrogens is 493 g/mol. The number of nitrogens with zero attached hydrogens (tertiary/aromatic N) is 3. The first-order chi connectivity index (χ1) is 13.4. The number of alkyl halides is 2. The summed E-state index contributed by atoms with van der Waals surface area (Å²) < 4.78 is 34.4. The smallest absolute Gasteiger partial charge is 0.387 e. The summed E-state index contributed by atoms with van der Waals surface area (Å²) in [5.41, 5.74) is 0.990. The number of benzene rings is 1. The molecule has 1 aliphatic rings. The zero-order chi connectivity index (χ0) is 20.5. The number of rotatable bonds is 8. The van der Waals surface area contributed by atoms with E-state index >= 15 is 0 Å². The lowest BCUT2D eigenvalue weighted by atomic mass is 10.2. The van der Waals surface area contributed by atoms with E-state index in [4.69, 9.17) is 9.73 Å². The third kappa shape index (κ3) is 8.59. The monoisotopic (exact) mass is 526 g/mol. The van der Waals surface area contributed by atoms with Crippen LogP contribution in [0.5, 0.6) is 5.75 Å². The highest BCUT2D eigenvalue weighted by Crippen LogP contribution is 2.16. The van der Waals surface area contributed by atoms with Gasteiger partial charge in [0.15, 0.2) is 5.96 Å². The Labute approximate surface area is 189 Å². The molecule has 0 spiro atoms. The number of guanidine groups is 1. The van der Waals surface area contributed by atoms with Crippen molar-refractivity contribution in [2.45, 2.75) is 46.0 Å².